The van der Waals surface area contributed by atoms with Crippen molar-refractivity contribution >= 4 is 33.9 Å². The van der Waals surface area contributed by atoms with Crippen LogP contribution < -0.4 is 5.32 Å². The zero-order valence-electron chi connectivity index (χ0n) is 11.3. The summed E-state index contributed by atoms with van der Waals surface area (Å²) in [5.74, 6) is -0.285. The molecule has 0 saturated heterocycles. The van der Waals surface area contributed by atoms with Crippen molar-refractivity contribution in [1.29, 1.82) is 0 Å². The Labute approximate surface area is 125 Å². The van der Waals surface area contributed by atoms with Crippen LogP contribution in [0.4, 0.5) is 5.82 Å². The highest BCUT2D eigenvalue weighted by atomic mass is 32.1. The van der Waals surface area contributed by atoms with Gasteiger partial charge in [-0.2, -0.15) is 0 Å². The van der Waals surface area contributed by atoms with Gasteiger partial charge in [0.25, 0.3) is 0 Å². The molecule has 2 heterocycles. The van der Waals surface area contributed by atoms with Crippen LogP contribution in [-0.4, -0.2) is 21.0 Å². The predicted octanol–water partition coefficient (Wildman–Crippen LogP) is 3.31. The molecule has 0 fully saturated rings. The SMILES string of the molecule is Cc1ncsc1CNc1ncc(C(=O)O)c2ccccc12. The number of rotatable bonds is 4. The van der Waals surface area contributed by atoms with Gasteiger partial charge in [0.1, 0.15) is 5.82 Å². The van der Waals surface area contributed by atoms with E-state index in [2.05, 4.69) is 15.3 Å². The topological polar surface area (TPSA) is 75.1 Å². The number of benzene rings is 1. The van der Waals surface area contributed by atoms with Gasteiger partial charge in [0.05, 0.1) is 23.3 Å². The number of pyridine rings is 1. The van der Waals surface area contributed by atoms with Crippen molar-refractivity contribution in [1.82, 2.24) is 9.97 Å². The molecule has 3 aromatic rings. The summed E-state index contributed by atoms with van der Waals surface area (Å²) in [4.78, 5) is 20.8. The first-order valence-corrected chi connectivity index (χ1v) is 7.28. The maximum Gasteiger partial charge on any atom is 0.337 e. The summed E-state index contributed by atoms with van der Waals surface area (Å²) in [6.45, 7) is 2.59. The Morgan fingerprint density at radius 1 is 1.29 bits per heavy atom. The van der Waals surface area contributed by atoms with E-state index in [0.29, 0.717) is 17.7 Å². The standard InChI is InChI=1S/C15H13N3O2S/c1-9-13(21-8-18-9)7-17-14-11-5-3-2-4-10(11)12(6-16-14)15(19)20/h2-6,8H,7H2,1H3,(H,16,17)(H,19,20). The Balaban J connectivity index is 1.98. The molecule has 1 aromatic carbocycles. The monoisotopic (exact) mass is 299 g/mol. The molecule has 2 N–H and O–H groups in total. The minimum atomic E-state index is -0.969. The van der Waals surface area contributed by atoms with Crippen LogP contribution in [0.25, 0.3) is 10.8 Å². The van der Waals surface area contributed by atoms with Crippen LogP contribution in [0.2, 0.25) is 0 Å². The molecule has 6 heteroatoms. The van der Waals surface area contributed by atoms with E-state index in [-0.39, 0.29) is 5.56 Å². The van der Waals surface area contributed by atoms with E-state index in [1.165, 1.54) is 6.20 Å². The molecule has 0 aliphatic rings. The summed E-state index contributed by atoms with van der Waals surface area (Å²) in [5, 5.41) is 14.0. The van der Waals surface area contributed by atoms with Crippen molar-refractivity contribution in [2.24, 2.45) is 0 Å². The van der Waals surface area contributed by atoms with E-state index in [9.17, 15) is 9.90 Å². The van der Waals surface area contributed by atoms with Crippen LogP contribution in [-0.2, 0) is 6.54 Å². The minimum absolute atomic E-state index is 0.213. The Bertz CT molecular complexity index is 814. The van der Waals surface area contributed by atoms with Gasteiger partial charge in [0.15, 0.2) is 0 Å². The smallest absolute Gasteiger partial charge is 0.337 e. The number of hydrogen-bond donors (Lipinski definition) is 2. The average Bonchev–Trinajstić information content (AvgIpc) is 2.89. The molecule has 0 aliphatic heterocycles. The fourth-order valence-electron chi connectivity index (χ4n) is 2.16. The first kappa shape index (κ1) is 13.5. The highest BCUT2D eigenvalue weighted by molar-refractivity contribution is 7.09. The van der Waals surface area contributed by atoms with Crippen LogP contribution in [0, 0.1) is 6.92 Å². The van der Waals surface area contributed by atoms with Gasteiger partial charge >= 0.3 is 5.97 Å². The van der Waals surface area contributed by atoms with Gasteiger partial charge in [-0.05, 0) is 6.92 Å². The van der Waals surface area contributed by atoms with Crippen LogP contribution >= 0.6 is 11.3 Å². The van der Waals surface area contributed by atoms with Crippen LogP contribution in [0.15, 0.2) is 36.0 Å². The molecule has 0 spiro atoms. The molecule has 0 aliphatic carbocycles. The molecular formula is C15H13N3O2S. The van der Waals surface area contributed by atoms with Gasteiger partial charge in [-0.1, -0.05) is 24.3 Å². The Morgan fingerprint density at radius 2 is 2.05 bits per heavy atom. The minimum Gasteiger partial charge on any atom is -0.478 e. The molecule has 0 radical (unpaired) electrons. The molecule has 0 amide bonds. The number of aryl methyl sites for hydroxylation is 1. The molecule has 2 aromatic heterocycles. The Hall–Kier alpha value is -2.47. The first-order valence-electron chi connectivity index (χ1n) is 6.40. The zero-order valence-corrected chi connectivity index (χ0v) is 12.1. The number of nitrogens with one attached hydrogen (secondary N) is 1. The van der Waals surface area contributed by atoms with E-state index in [4.69, 9.17) is 0 Å². The quantitative estimate of drug-likeness (QED) is 0.773. The number of thiazole rings is 1. The molecule has 0 bridgehead atoms. The lowest BCUT2D eigenvalue weighted by atomic mass is 10.1. The number of carboxylic acids is 1. The number of carbonyl (C=O) groups is 1. The third kappa shape index (κ3) is 2.57. The molecule has 21 heavy (non-hydrogen) atoms. The Morgan fingerprint density at radius 3 is 2.71 bits per heavy atom. The third-order valence-electron chi connectivity index (χ3n) is 3.29. The largest absolute Gasteiger partial charge is 0.478 e. The number of aromatic nitrogens is 2. The second kappa shape index (κ2) is 5.49. The van der Waals surface area contributed by atoms with E-state index in [1.54, 1.807) is 17.4 Å². The van der Waals surface area contributed by atoms with Crippen molar-refractivity contribution in [3.8, 4) is 0 Å². The van der Waals surface area contributed by atoms with Gasteiger partial charge in [-0.15, -0.1) is 11.3 Å². The van der Waals surface area contributed by atoms with Gasteiger partial charge < -0.3 is 10.4 Å². The van der Waals surface area contributed by atoms with Crippen LogP contribution in [0.5, 0.6) is 0 Å². The number of hydrogen-bond acceptors (Lipinski definition) is 5. The molecule has 0 unspecified atom stereocenters. The van der Waals surface area contributed by atoms with E-state index in [0.717, 1.165) is 16.0 Å². The second-order valence-corrected chi connectivity index (χ2v) is 5.53. The first-order chi connectivity index (χ1) is 10.2. The predicted molar refractivity (Wildman–Crippen MR) is 82.9 cm³/mol. The number of fused-ring (bicyclic) bond motifs is 1. The van der Waals surface area contributed by atoms with Crippen molar-refractivity contribution in [2.75, 3.05) is 5.32 Å². The molecule has 0 saturated carbocycles. The van der Waals surface area contributed by atoms with Crippen molar-refractivity contribution in [2.45, 2.75) is 13.5 Å². The van der Waals surface area contributed by atoms with Gasteiger partial charge in [0.2, 0.25) is 0 Å². The summed E-state index contributed by atoms with van der Waals surface area (Å²) in [6, 6.07) is 7.37. The summed E-state index contributed by atoms with van der Waals surface area (Å²) in [5.41, 5.74) is 3.02. The van der Waals surface area contributed by atoms with Gasteiger partial charge in [0, 0.05) is 21.8 Å². The van der Waals surface area contributed by atoms with Crippen LogP contribution in [0.1, 0.15) is 20.9 Å². The zero-order chi connectivity index (χ0) is 14.8. The number of carboxylic acid groups (broad SMARTS) is 1. The number of nitrogens with zero attached hydrogens (tertiary/aromatic N) is 2. The molecule has 0 atom stereocenters. The average molecular weight is 299 g/mol. The summed E-state index contributed by atoms with van der Waals surface area (Å²) < 4.78 is 0. The molecule has 3 rings (SSSR count). The van der Waals surface area contributed by atoms with E-state index in [1.807, 2.05) is 30.6 Å². The summed E-state index contributed by atoms with van der Waals surface area (Å²) >= 11 is 1.59. The highest BCUT2D eigenvalue weighted by Crippen LogP contribution is 2.25. The van der Waals surface area contributed by atoms with Gasteiger partial charge in [-0.25, -0.2) is 14.8 Å². The van der Waals surface area contributed by atoms with E-state index >= 15 is 0 Å². The molecule has 5 nitrogen and oxygen atoms in total. The number of anilines is 1. The fraction of sp³-hybridized carbons (Fsp3) is 0.133. The molecule has 106 valence electrons. The third-order valence-corrected chi connectivity index (χ3v) is 4.22. The van der Waals surface area contributed by atoms with E-state index < -0.39 is 5.97 Å². The van der Waals surface area contributed by atoms with Crippen LogP contribution in [0.3, 0.4) is 0 Å². The second-order valence-electron chi connectivity index (χ2n) is 4.59. The lowest BCUT2D eigenvalue weighted by molar-refractivity contribution is 0.0698. The van der Waals surface area contributed by atoms with Crippen molar-refractivity contribution < 1.29 is 9.90 Å². The van der Waals surface area contributed by atoms with Crippen molar-refractivity contribution in [3.63, 3.8) is 0 Å². The number of aromatic carboxylic acids is 1. The Kier molecular flexibility index (Phi) is 3.53. The van der Waals surface area contributed by atoms with Gasteiger partial charge in [-0.3, -0.25) is 0 Å². The molecular weight excluding hydrogens is 286 g/mol. The fourth-order valence-corrected chi connectivity index (χ4v) is 2.88. The maximum atomic E-state index is 11.2. The highest BCUT2D eigenvalue weighted by Gasteiger charge is 2.12. The summed E-state index contributed by atoms with van der Waals surface area (Å²) in [7, 11) is 0. The normalized spacial score (nSPS) is 10.7. The maximum absolute atomic E-state index is 11.2. The lowest BCUT2D eigenvalue weighted by Gasteiger charge is -2.10. The lowest BCUT2D eigenvalue weighted by Crippen LogP contribution is -2.05. The van der Waals surface area contributed by atoms with Crippen molar-refractivity contribution in [3.05, 3.63) is 52.1 Å². The summed E-state index contributed by atoms with van der Waals surface area (Å²) in [6.07, 6.45) is 1.40.